The van der Waals surface area contributed by atoms with Gasteiger partial charge in [0.2, 0.25) is 0 Å². The molecule has 0 amide bonds. The van der Waals surface area contributed by atoms with Crippen LogP contribution in [0, 0.1) is 20.2 Å². The van der Waals surface area contributed by atoms with Crippen molar-refractivity contribution in [3.05, 3.63) is 32.4 Å². The van der Waals surface area contributed by atoms with Gasteiger partial charge in [-0.15, -0.1) is 0 Å². The van der Waals surface area contributed by atoms with Gasteiger partial charge in [0.1, 0.15) is 0 Å². The van der Waals surface area contributed by atoms with Crippen LogP contribution in [0.2, 0.25) is 0 Å². The first-order valence-electron chi connectivity index (χ1n) is 3.55. The van der Waals surface area contributed by atoms with Crippen LogP contribution in [0.3, 0.4) is 0 Å². The van der Waals surface area contributed by atoms with E-state index < -0.39 is 21.9 Å². The molecule has 0 aromatic heterocycles. The third kappa shape index (κ3) is 1.58. The van der Waals surface area contributed by atoms with Crippen molar-refractivity contribution in [1.29, 1.82) is 0 Å². The van der Waals surface area contributed by atoms with E-state index in [1.54, 1.807) is 12.2 Å². The minimum absolute atomic E-state index is 0.165. The second-order valence-corrected chi connectivity index (χ2v) is 2.65. The van der Waals surface area contributed by atoms with Crippen molar-refractivity contribution in [2.45, 2.75) is 24.9 Å². The van der Waals surface area contributed by atoms with Crippen LogP contribution in [0.25, 0.3) is 0 Å². The molecule has 0 aromatic rings. The highest BCUT2D eigenvalue weighted by molar-refractivity contribution is 4.95. The average Bonchev–Trinajstić information content (AvgIpc) is 2.04. The normalized spacial score (nSPS) is 28.3. The first-order valence-corrected chi connectivity index (χ1v) is 3.55. The fraction of sp³-hybridized carbons (Fsp3) is 0.667. The van der Waals surface area contributed by atoms with Crippen LogP contribution < -0.4 is 0 Å². The molecule has 0 heterocycles. The van der Waals surface area contributed by atoms with Gasteiger partial charge < -0.3 is 0 Å². The molecular weight excluding hydrogens is 164 g/mol. The summed E-state index contributed by atoms with van der Waals surface area (Å²) in [5, 5.41) is 20.7. The second-order valence-electron chi connectivity index (χ2n) is 2.65. The molecule has 0 N–H and O–H groups in total. The quantitative estimate of drug-likeness (QED) is 0.347. The van der Waals surface area contributed by atoms with Gasteiger partial charge in [0.05, 0.1) is 0 Å². The minimum atomic E-state index is -1.05. The van der Waals surface area contributed by atoms with E-state index in [1.807, 2.05) is 0 Å². The summed E-state index contributed by atoms with van der Waals surface area (Å²) in [5.41, 5.74) is 0. The fourth-order valence-corrected chi connectivity index (χ4v) is 1.24. The molecule has 0 saturated heterocycles. The maximum absolute atomic E-state index is 10.3. The molecule has 6 nitrogen and oxygen atoms in total. The Kier molecular flexibility index (Phi) is 2.37. The van der Waals surface area contributed by atoms with Gasteiger partial charge in [-0.3, -0.25) is 20.2 Å². The van der Waals surface area contributed by atoms with Crippen molar-refractivity contribution < 1.29 is 9.85 Å². The molecule has 6 heteroatoms. The molecular formula is C6H8N2O4. The third-order valence-corrected chi connectivity index (χ3v) is 1.91. The van der Waals surface area contributed by atoms with Gasteiger partial charge in [-0.1, -0.05) is 12.2 Å². The summed E-state index contributed by atoms with van der Waals surface area (Å²) in [6, 6.07) is -2.10. The van der Waals surface area contributed by atoms with Crippen molar-refractivity contribution in [2.24, 2.45) is 0 Å². The zero-order chi connectivity index (χ0) is 9.14. The fourth-order valence-electron chi connectivity index (χ4n) is 1.24. The van der Waals surface area contributed by atoms with E-state index >= 15 is 0 Å². The Labute approximate surface area is 68.2 Å². The van der Waals surface area contributed by atoms with E-state index in [1.165, 1.54) is 0 Å². The lowest BCUT2D eigenvalue weighted by atomic mass is 9.97. The molecule has 0 saturated carbocycles. The maximum atomic E-state index is 10.3. The highest BCUT2D eigenvalue weighted by Crippen LogP contribution is 2.16. The molecule has 1 rings (SSSR count). The SMILES string of the molecule is O=[N+]([O-])C1CC=CCC1[N+](=O)[O-]. The van der Waals surface area contributed by atoms with Gasteiger partial charge in [-0.2, -0.15) is 0 Å². The number of hydrogen-bond acceptors (Lipinski definition) is 4. The molecule has 0 fully saturated rings. The van der Waals surface area contributed by atoms with E-state index in [0.717, 1.165) is 0 Å². The Morgan fingerprint density at radius 2 is 1.33 bits per heavy atom. The van der Waals surface area contributed by atoms with Crippen molar-refractivity contribution in [2.75, 3.05) is 0 Å². The zero-order valence-electron chi connectivity index (χ0n) is 6.25. The third-order valence-electron chi connectivity index (χ3n) is 1.91. The van der Waals surface area contributed by atoms with Crippen molar-refractivity contribution in [3.8, 4) is 0 Å². The zero-order valence-corrected chi connectivity index (χ0v) is 6.25. The predicted molar refractivity (Wildman–Crippen MR) is 39.9 cm³/mol. The van der Waals surface area contributed by atoms with Crippen LogP contribution in [-0.4, -0.2) is 21.9 Å². The Hall–Kier alpha value is -1.46. The predicted octanol–water partition coefficient (Wildman–Crippen LogP) is 0.627. The van der Waals surface area contributed by atoms with Crippen molar-refractivity contribution in [1.82, 2.24) is 0 Å². The Morgan fingerprint density at radius 1 is 1.00 bits per heavy atom. The Balaban J connectivity index is 2.76. The van der Waals surface area contributed by atoms with E-state index in [4.69, 9.17) is 0 Å². The molecule has 12 heavy (non-hydrogen) atoms. The molecule has 0 aromatic carbocycles. The highest BCUT2D eigenvalue weighted by Gasteiger charge is 2.40. The van der Waals surface area contributed by atoms with Gasteiger partial charge in [0.15, 0.2) is 0 Å². The monoisotopic (exact) mass is 172 g/mol. The number of nitrogens with zero attached hydrogens (tertiary/aromatic N) is 2. The van der Waals surface area contributed by atoms with Crippen LogP contribution in [0.1, 0.15) is 12.8 Å². The lowest BCUT2D eigenvalue weighted by Crippen LogP contribution is -2.40. The Morgan fingerprint density at radius 3 is 1.58 bits per heavy atom. The average molecular weight is 172 g/mol. The van der Waals surface area contributed by atoms with Crippen LogP contribution in [0.5, 0.6) is 0 Å². The summed E-state index contributed by atoms with van der Waals surface area (Å²) >= 11 is 0. The maximum Gasteiger partial charge on any atom is 0.282 e. The summed E-state index contributed by atoms with van der Waals surface area (Å²) in [4.78, 5) is 19.5. The van der Waals surface area contributed by atoms with E-state index in [0.29, 0.717) is 0 Å². The first kappa shape index (κ1) is 8.63. The number of hydrogen-bond donors (Lipinski definition) is 0. The lowest BCUT2D eigenvalue weighted by molar-refractivity contribution is -0.617. The summed E-state index contributed by atoms with van der Waals surface area (Å²) in [5.74, 6) is 0. The van der Waals surface area contributed by atoms with Gasteiger partial charge in [0.25, 0.3) is 12.1 Å². The van der Waals surface area contributed by atoms with Crippen LogP contribution in [-0.2, 0) is 0 Å². The van der Waals surface area contributed by atoms with E-state index in [-0.39, 0.29) is 12.8 Å². The largest absolute Gasteiger partial charge is 0.282 e. The molecule has 0 aliphatic heterocycles. The van der Waals surface area contributed by atoms with Gasteiger partial charge in [-0.25, -0.2) is 0 Å². The second kappa shape index (κ2) is 3.29. The molecule has 1 aliphatic rings. The standard InChI is InChI=1S/C6H8N2O4/c9-7(10)5-3-1-2-4-6(5)8(11)12/h1-2,5-6H,3-4H2. The Bertz CT molecular complexity index is 214. The smallest absolute Gasteiger partial charge is 0.264 e. The molecule has 0 spiro atoms. The van der Waals surface area contributed by atoms with Gasteiger partial charge in [0, 0.05) is 22.7 Å². The van der Waals surface area contributed by atoms with Crippen molar-refractivity contribution >= 4 is 0 Å². The topological polar surface area (TPSA) is 86.3 Å². The van der Waals surface area contributed by atoms with E-state index in [9.17, 15) is 20.2 Å². The molecule has 0 radical (unpaired) electrons. The molecule has 2 atom stereocenters. The minimum Gasteiger partial charge on any atom is -0.264 e. The highest BCUT2D eigenvalue weighted by atomic mass is 16.6. The van der Waals surface area contributed by atoms with Crippen molar-refractivity contribution in [3.63, 3.8) is 0 Å². The molecule has 66 valence electrons. The van der Waals surface area contributed by atoms with Crippen LogP contribution in [0.15, 0.2) is 12.2 Å². The summed E-state index contributed by atoms with van der Waals surface area (Å²) in [7, 11) is 0. The van der Waals surface area contributed by atoms with Crippen LogP contribution >= 0.6 is 0 Å². The molecule has 0 bridgehead atoms. The summed E-state index contributed by atoms with van der Waals surface area (Å²) in [6.07, 6.45) is 3.57. The van der Waals surface area contributed by atoms with Gasteiger partial charge in [-0.05, 0) is 0 Å². The lowest BCUT2D eigenvalue weighted by Gasteiger charge is -2.14. The number of nitro groups is 2. The molecule has 1 aliphatic carbocycles. The van der Waals surface area contributed by atoms with Gasteiger partial charge >= 0.3 is 0 Å². The van der Waals surface area contributed by atoms with Crippen LogP contribution in [0.4, 0.5) is 0 Å². The number of rotatable bonds is 2. The summed E-state index contributed by atoms with van der Waals surface area (Å²) < 4.78 is 0. The summed E-state index contributed by atoms with van der Waals surface area (Å²) in [6.45, 7) is 0. The first-order chi connectivity index (χ1) is 5.63. The van der Waals surface area contributed by atoms with E-state index in [2.05, 4.69) is 0 Å². The molecule has 2 unspecified atom stereocenters.